The van der Waals surface area contributed by atoms with Crippen molar-refractivity contribution in [3.8, 4) is 0 Å². The van der Waals surface area contributed by atoms with Crippen LogP contribution in [-0.4, -0.2) is 6.54 Å². The zero-order valence-electron chi connectivity index (χ0n) is 11.8. The lowest BCUT2D eigenvalue weighted by molar-refractivity contribution is 0.544. The highest BCUT2D eigenvalue weighted by molar-refractivity contribution is 9.10. The number of nitrogens with one attached hydrogen (secondary N) is 1. The van der Waals surface area contributed by atoms with Gasteiger partial charge in [-0.15, -0.1) is 0 Å². The summed E-state index contributed by atoms with van der Waals surface area (Å²) in [4.78, 5) is 0. The largest absolute Gasteiger partial charge is 0.310 e. The third-order valence-corrected chi connectivity index (χ3v) is 4.32. The maximum atomic E-state index is 13.3. The normalized spacial score (nSPS) is 12.4. The van der Waals surface area contributed by atoms with E-state index in [0.29, 0.717) is 0 Å². The maximum Gasteiger partial charge on any atom is 0.123 e. The number of benzene rings is 2. The van der Waals surface area contributed by atoms with Crippen molar-refractivity contribution in [1.82, 2.24) is 5.32 Å². The van der Waals surface area contributed by atoms with Gasteiger partial charge in [-0.25, -0.2) is 4.39 Å². The van der Waals surface area contributed by atoms with Gasteiger partial charge in [-0.1, -0.05) is 47.1 Å². The monoisotopic (exact) mass is 335 g/mol. The van der Waals surface area contributed by atoms with Crippen molar-refractivity contribution >= 4 is 15.9 Å². The van der Waals surface area contributed by atoms with Crippen LogP contribution < -0.4 is 5.32 Å². The number of hydrogen-bond donors (Lipinski definition) is 1. The number of likely N-dealkylation sites (N-methyl/N-ethyl adjacent to an activating group) is 1. The second kappa shape index (κ2) is 7.00. The third kappa shape index (κ3) is 3.68. The van der Waals surface area contributed by atoms with E-state index in [-0.39, 0.29) is 11.9 Å². The van der Waals surface area contributed by atoms with Gasteiger partial charge in [0.2, 0.25) is 0 Å². The quantitative estimate of drug-likeness (QED) is 0.828. The van der Waals surface area contributed by atoms with E-state index in [2.05, 4.69) is 41.2 Å². The second-order valence-electron chi connectivity index (χ2n) is 4.90. The summed E-state index contributed by atoms with van der Waals surface area (Å²) >= 11 is 3.57. The summed E-state index contributed by atoms with van der Waals surface area (Å²) < 4.78 is 14.4. The first-order valence-electron chi connectivity index (χ1n) is 6.84. The van der Waals surface area contributed by atoms with Crippen molar-refractivity contribution in [2.45, 2.75) is 26.3 Å². The van der Waals surface area contributed by atoms with Gasteiger partial charge in [0, 0.05) is 10.5 Å². The van der Waals surface area contributed by atoms with Crippen molar-refractivity contribution in [3.05, 3.63) is 69.4 Å². The van der Waals surface area contributed by atoms with Gasteiger partial charge < -0.3 is 5.32 Å². The molecule has 0 heterocycles. The fraction of sp³-hybridized carbons (Fsp3) is 0.294. The minimum atomic E-state index is -0.177. The first-order chi connectivity index (χ1) is 9.61. The Kier molecular flexibility index (Phi) is 5.32. The molecule has 0 spiro atoms. The maximum absolute atomic E-state index is 13.3. The lowest BCUT2D eigenvalue weighted by Gasteiger charge is -2.21. The molecule has 1 N–H and O–H groups in total. The molecule has 0 saturated carbocycles. The van der Waals surface area contributed by atoms with Gasteiger partial charge in [-0.05, 0) is 54.8 Å². The van der Waals surface area contributed by atoms with Crippen LogP contribution in [0.5, 0.6) is 0 Å². The Bertz CT molecular complexity index is 583. The van der Waals surface area contributed by atoms with E-state index in [1.165, 1.54) is 17.2 Å². The highest BCUT2D eigenvalue weighted by atomic mass is 79.9. The van der Waals surface area contributed by atoms with Crippen LogP contribution in [0.1, 0.15) is 29.7 Å². The first-order valence-corrected chi connectivity index (χ1v) is 7.64. The molecular formula is C17H19BrFN. The molecule has 106 valence electrons. The molecule has 0 aromatic heterocycles. The fourth-order valence-electron chi connectivity index (χ4n) is 2.44. The number of rotatable bonds is 5. The molecule has 0 aliphatic rings. The van der Waals surface area contributed by atoms with Crippen LogP contribution in [0.25, 0.3) is 0 Å². The summed E-state index contributed by atoms with van der Waals surface area (Å²) in [6, 6.07) is 13.2. The Morgan fingerprint density at radius 3 is 2.65 bits per heavy atom. The molecule has 3 heteroatoms. The standard InChI is InChI=1S/C17H19BrFN/c1-3-20-17(11-13-6-4-7-14(19)10-13)15-8-5-9-16(18)12(15)2/h4-10,17,20H,3,11H2,1-2H3. The van der Waals surface area contributed by atoms with E-state index in [1.807, 2.05) is 18.2 Å². The highest BCUT2D eigenvalue weighted by Crippen LogP contribution is 2.27. The molecule has 1 nitrogen and oxygen atoms in total. The van der Waals surface area contributed by atoms with Gasteiger partial charge in [-0.2, -0.15) is 0 Å². The molecule has 1 atom stereocenters. The van der Waals surface area contributed by atoms with Gasteiger partial charge >= 0.3 is 0 Å². The van der Waals surface area contributed by atoms with Gasteiger partial charge in [0.25, 0.3) is 0 Å². The van der Waals surface area contributed by atoms with Crippen LogP contribution in [0, 0.1) is 12.7 Å². The van der Waals surface area contributed by atoms with E-state index in [4.69, 9.17) is 0 Å². The van der Waals surface area contributed by atoms with Gasteiger partial charge in [0.15, 0.2) is 0 Å². The molecule has 2 rings (SSSR count). The Hall–Kier alpha value is -1.19. The van der Waals surface area contributed by atoms with Crippen molar-refractivity contribution in [1.29, 1.82) is 0 Å². The molecule has 0 radical (unpaired) electrons. The molecule has 0 aliphatic carbocycles. The summed E-state index contributed by atoms with van der Waals surface area (Å²) in [6.45, 7) is 5.08. The Balaban J connectivity index is 2.29. The van der Waals surface area contributed by atoms with E-state index < -0.39 is 0 Å². The van der Waals surface area contributed by atoms with Crippen LogP contribution in [0.15, 0.2) is 46.9 Å². The lowest BCUT2D eigenvalue weighted by atomic mass is 9.95. The zero-order valence-corrected chi connectivity index (χ0v) is 13.4. The molecule has 0 bridgehead atoms. The SMILES string of the molecule is CCNC(Cc1cccc(F)c1)c1cccc(Br)c1C. The van der Waals surface area contributed by atoms with E-state index in [0.717, 1.165) is 23.0 Å². The van der Waals surface area contributed by atoms with Crippen molar-refractivity contribution in [2.24, 2.45) is 0 Å². The van der Waals surface area contributed by atoms with Crippen molar-refractivity contribution < 1.29 is 4.39 Å². The fourth-order valence-corrected chi connectivity index (χ4v) is 2.82. The van der Waals surface area contributed by atoms with E-state index in [1.54, 1.807) is 12.1 Å². The van der Waals surface area contributed by atoms with Crippen molar-refractivity contribution in [3.63, 3.8) is 0 Å². The molecular weight excluding hydrogens is 317 g/mol. The minimum absolute atomic E-state index is 0.177. The van der Waals surface area contributed by atoms with Crippen LogP contribution >= 0.6 is 15.9 Å². The Morgan fingerprint density at radius 1 is 1.20 bits per heavy atom. The molecule has 0 saturated heterocycles. The van der Waals surface area contributed by atoms with Crippen LogP contribution in [-0.2, 0) is 6.42 Å². The molecule has 2 aromatic rings. The first kappa shape index (κ1) is 15.2. The van der Waals surface area contributed by atoms with Gasteiger partial charge in [0.1, 0.15) is 5.82 Å². The topological polar surface area (TPSA) is 12.0 Å². The summed E-state index contributed by atoms with van der Waals surface area (Å²) in [7, 11) is 0. The molecule has 20 heavy (non-hydrogen) atoms. The van der Waals surface area contributed by atoms with E-state index in [9.17, 15) is 4.39 Å². The number of halogens is 2. The Labute approximate surface area is 128 Å². The number of hydrogen-bond acceptors (Lipinski definition) is 1. The molecule has 0 aliphatic heterocycles. The Morgan fingerprint density at radius 2 is 1.95 bits per heavy atom. The molecule has 2 aromatic carbocycles. The third-order valence-electron chi connectivity index (χ3n) is 3.46. The van der Waals surface area contributed by atoms with E-state index >= 15 is 0 Å². The smallest absolute Gasteiger partial charge is 0.123 e. The van der Waals surface area contributed by atoms with Gasteiger partial charge in [-0.3, -0.25) is 0 Å². The summed E-state index contributed by atoms with van der Waals surface area (Å²) in [5.74, 6) is -0.177. The average Bonchev–Trinajstić information content (AvgIpc) is 2.42. The predicted molar refractivity (Wildman–Crippen MR) is 85.4 cm³/mol. The summed E-state index contributed by atoms with van der Waals surface area (Å²) in [6.07, 6.45) is 0.781. The minimum Gasteiger partial charge on any atom is -0.310 e. The van der Waals surface area contributed by atoms with Crippen LogP contribution in [0.4, 0.5) is 4.39 Å². The zero-order chi connectivity index (χ0) is 14.5. The second-order valence-corrected chi connectivity index (χ2v) is 5.75. The average molecular weight is 336 g/mol. The summed E-state index contributed by atoms with van der Waals surface area (Å²) in [5, 5.41) is 3.49. The molecule has 0 amide bonds. The van der Waals surface area contributed by atoms with Crippen LogP contribution in [0.3, 0.4) is 0 Å². The molecule has 1 unspecified atom stereocenters. The highest BCUT2D eigenvalue weighted by Gasteiger charge is 2.14. The van der Waals surface area contributed by atoms with Crippen molar-refractivity contribution in [2.75, 3.05) is 6.54 Å². The summed E-state index contributed by atoms with van der Waals surface area (Å²) in [5.41, 5.74) is 3.50. The lowest BCUT2D eigenvalue weighted by Crippen LogP contribution is -2.23. The predicted octanol–water partition coefficient (Wildman–Crippen LogP) is 4.79. The van der Waals surface area contributed by atoms with Crippen LogP contribution in [0.2, 0.25) is 0 Å². The van der Waals surface area contributed by atoms with Gasteiger partial charge in [0.05, 0.1) is 0 Å². The molecule has 0 fully saturated rings.